The van der Waals surface area contributed by atoms with Gasteiger partial charge in [-0.15, -0.1) is 0 Å². The molecule has 0 spiro atoms. The molecule has 0 amide bonds. The molecule has 0 aliphatic rings. The number of anilines is 1. The average Bonchev–Trinajstić information content (AvgIpc) is 2.96. The number of aromatic nitrogens is 1. The van der Waals surface area contributed by atoms with Crippen molar-refractivity contribution in [2.24, 2.45) is 0 Å². The molecule has 2 aromatic carbocycles. The zero-order valence-electron chi connectivity index (χ0n) is 15.3. The van der Waals surface area contributed by atoms with E-state index in [4.69, 9.17) is 20.9 Å². The third-order valence-electron chi connectivity index (χ3n) is 4.30. The van der Waals surface area contributed by atoms with Crippen molar-refractivity contribution < 1.29 is 17.7 Å². The lowest BCUT2D eigenvalue weighted by molar-refractivity contribution is 0.402. The lowest BCUT2D eigenvalue weighted by Crippen LogP contribution is -2.14. The molecule has 3 aromatic rings. The van der Waals surface area contributed by atoms with Crippen molar-refractivity contribution in [3.63, 3.8) is 0 Å². The van der Waals surface area contributed by atoms with Crippen LogP contribution in [0.3, 0.4) is 0 Å². The molecule has 27 heavy (non-hydrogen) atoms. The number of hydrogen-bond acceptors (Lipinski definition) is 5. The highest BCUT2D eigenvalue weighted by molar-refractivity contribution is 7.92. The van der Waals surface area contributed by atoms with E-state index >= 15 is 0 Å². The first kappa shape index (κ1) is 19.3. The molecule has 142 valence electrons. The summed E-state index contributed by atoms with van der Waals surface area (Å²) in [4.78, 5) is -0.00681. The smallest absolute Gasteiger partial charge is 0.265 e. The van der Waals surface area contributed by atoms with Gasteiger partial charge in [0.1, 0.15) is 10.6 Å². The number of hydrogen-bond donors (Lipinski definition) is 1. The largest absolute Gasteiger partial charge is 0.495 e. The van der Waals surface area contributed by atoms with E-state index in [1.807, 2.05) is 20.8 Å². The van der Waals surface area contributed by atoms with Gasteiger partial charge in [-0.05, 0) is 56.7 Å². The minimum atomic E-state index is -3.92. The van der Waals surface area contributed by atoms with Crippen LogP contribution >= 0.6 is 11.6 Å². The Morgan fingerprint density at radius 3 is 2.44 bits per heavy atom. The summed E-state index contributed by atoms with van der Waals surface area (Å²) in [6.07, 6.45) is 0. The Kier molecular flexibility index (Phi) is 5.17. The maximum Gasteiger partial charge on any atom is 0.265 e. The molecule has 0 atom stereocenters. The average molecular weight is 407 g/mol. The highest BCUT2D eigenvalue weighted by Crippen LogP contribution is 2.33. The van der Waals surface area contributed by atoms with Crippen LogP contribution in [0.25, 0.3) is 11.3 Å². The molecular formula is C19H19ClN2O4S. The number of nitrogens with one attached hydrogen (secondary N) is 1. The van der Waals surface area contributed by atoms with Crippen molar-refractivity contribution in [3.05, 3.63) is 58.2 Å². The van der Waals surface area contributed by atoms with Gasteiger partial charge in [0.25, 0.3) is 10.0 Å². The molecule has 0 unspecified atom stereocenters. The first-order valence-corrected chi connectivity index (χ1v) is 9.99. The van der Waals surface area contributed by atoms with Gasteiger partial charge in [-0.1, -0.05) is 22.8 Å². The molecule has 1 N–H and O–H groups in total. The molecule has 1 heterocycles. The molecule has 8 heteroatoms. The second-order valence-electron chi connectivity index (χ2n) is 6.16. The molecule has 1 aromatic heterocycles. The van der Waals surface area contributed by atoms with E-state index in [-0.39, 0.29) is 10.6 Å². The molecule has 0 aliphatic carbocycles. The van der Waals surface area contributed by atoms with Crippen LogP contribution in [0.4, 0.5) is 5.69 Å². The SMILES string of the molecule is COc1ccc(-c2onc(C)c2C)cc1S(=O)(=O)Nc1ccc(C)c(Cl)c1. The lowest BCUT2D eigenvalue weighted by atomic mass is 10.1. The number of aryl methyl sites for hydroxylation is 2. The fourth-order valence-corrected chi connectivity index (χ4v) is 4.01. The molecule has 6 nitrogen and oxygen atoms in total. The number of halogens is 1. The minimum Gasteiger partial charge on any atom is -0.495 e. The van der Waals surface area contributed by atoms with Crippen LogP contribution in [-0.2, 0) is 10.0 Å². The van der Waals surface area contributed by atoms with Crippen LogP contribution in [-0.4, -0.2) is 20.7 Å². The van der Waals surface area contributed by atoms with E-state index in [0.29, 0.717) is 22.0 Å². The molecule has 0 saturated heterocycles. The predicted octanol–water partition coefficient (Wildman–Crippen LogP) is 4.73. The second kappa shape index (κ2) is 7.25. The van der Waals surface area contributed by atoms with Crippen molar-refractivity contribution in [2.45, 2.75) is 25.7 Å². The Morgan fingerprint density at radius 1 is 1.11 bits per heavy atom. The van der Waals surface area contributed by atoms with E-state index in [2.05, 4.69) is 9.88 Å². The van der Waals surface area contributed by atoms with Crippen LogP contribution < -0.4 is 9.46 Å². The van der Waals surface area contributed by atoms with E-state index in [9.17, 15) is 8.42 Å². The Morgan fingerprint density at radius 2 is 1.85 bits per heavy atom. The summed E-state index contributed by atoms with van der Waals surface area (Å²) < 4.78 is 39.1. The Labute approximate surface area is 163 Å². The molecule has 0 saturated carbocycles. The van der Waals surface area contributed by atoms with Crippen molar-refractivity contribution in [3.8, 4) is 17.1 Å². The maximum absolute atomic E-state index is 13.0. The number of nitrogens with zero attached hydrogens (tertiary/aromatic N) is 1. The fourth-order valence-electron chi connectivity index (χ4n) is 2.58. The van der Waals surface area contributed by atoms with E-state index in [1.54, 1.807) is 30.3 Å². The molecular weight excluding hydrogens is 388 g/mol. The number of sulfonamides is 1. The monoisotopic (exact) mass is 406 g/mol. The van der Waals surface area contributed by atoms with Crippen molar-refractivity contribution in [1.82, 2.24) is 5.16 Å². The van der Waals surface area contributed by atoms with Crippen molar-refractivity contribution >= 4 is 27.3 Å². The Bertz CT molecular complexity index is 1110. The highest BCUT2D eigenvalue weighted by Gasteiger charge is 2.22. The summed E-state index contributed by atoms with van der Waals surface area (Å²) in [7, 11) is -2.50. The van der Waals surface area contributed by atoms with E-state index in [1.165, 1.54) is 13.2 Å². The van der Waals surface area contributed by atoms with Crippen LogP contribution in [0.5, 0.6) is 5.75 Å². The van der Waals surface area contributed by atoms with Crippen LogP contribution in [0.2, 0.25) is 5.02 Å². The predicted molar refractivity (Wildman–Crippen MR) is 105 cm³/mol. The summed E-state index contributed by atoms with van der Waals surface area (Å²) in [5, 5.41) is 4.40. The zero-order valence-corrected chi connectivity index (χ0v) is 16.9. The topological polar surface area (TPSA) is 81.4 Å². The fraction of sp³-hybridized carbons (Fsp3) is 0.211. The summed E-state index contributed by atoms with van der Waals surface area (Å²) in [6.45, 7) is 5.53. The second-order valence-corrected chi connectivity index (χ2v) is 8.22. The van der Waals surface area contributed by atoms with Gasteiger partial charge in [-0.2, -0.15) is 0 Å². The standard InChI is InChI=1S/C19H19ClN2O4S/c1-11-5-7-15(10-16(11)20)22-27(23,24)18-9-14(6-8-17(18)25-4)19-12(2)13(3)21-26-19/h5-10,22H,1-4H3. The maximum atomic E-state index is 13.0. The normalized spacial score (nSPS) is 11.4. The molecule has 0 radical (unpaired) electrons. The van der Waals surface area contributed by atoms with Gasteiger partial charge in [0, 0.05) is 16.1 Å². The molecule has 3 rings (SSSR count). The van der Waals surface area contributed by atoms with Crippen molar-refractivity contribution in [2.75, 3.05) is 11.8 Å². The quantitative estimate of drug-likeness (QED) is 0.662. The summed E-state index contributed by atoms with van der Waals surface area (Å²) >= 11 is 6.09. The zero-order chi connectivity index (χ0) is 19.8. The van der Waals surface area contributed by atoms with Gasteiger partial charge >= 0.3 is 0 Å². The minimum absolute atomic E-state index is 0.00681. The highest BCUT2D eigenvalue weighted by atomic mass is 35.5. The van der Waals surface area contributed by atoms with Crippen molar-refractivity contribution in [1.29, 1.82) is 0 Å². The molecule has 0 fully saturated rings. The van der Waals surface area contributed by atoms with Gasteiger partial charge in [0.05, 0.1) is 18.5 Å². The summed E-state index contributed by atoms with van der Waals surface area (Å²) in [5.41, 5.74) is 3.41. The number of benzene rings is 2. The van der Waals surface area contributed by atoms with Gasteiger partial charge in [0.15, 0.2) is 5.76 Å². The number of rotatable bonds is 5. The third-order valence-corrected chi connectivity index (χ3v) is 6.11. The summed E-state index contributed by atoms with van der Waals surface area (Å²) in [6, 6.07) is 9.78. The van der Waals surface area contributed by atoms with Gasteiger partial charge in [0.2, 0.25) is 0 Å². The lowest BCUT2D eigenvalue weighted by Gasteiger charge is -2.13. The Hall–Kier alpha value is -2.51. The van der Waals surface area contributed by atoms with E-state index < -0.39 is 10.0 Å². The van der Waals surface area contributed by atoms with Gasteiger partial charge < -0.3 is 9.26 Å². The van der Waals surface area contributed by atoms with Gasteiger partial charge in [-0.25, -0.2) is 8.42 Å². The molecule has 0 aliphatic heterocycles. The first-order chi connectivity index (χ1) is 12.7. The molecule has 0 bridgehead atoms. The summed E-state index contributed by atoms with van der Waals surface area (Å²) in [5.74, 6) is 0.739. The van der Waals surface area contributed by atoms with Gasteiger partial charge in [-0.3, -0.25) is 4.72 Å². The third kappa shape index (κ3) is 3.79. The van der Waals surface area contributed by atoms with E-state index in [0.717, 1.165) is 16.8 Å². The Balaban J connectivity index is 2.06. The van der Waals surface area contributed by atoms with Crippen LogP contribution in [0.15, 0.2) is 45.8 Å². The first-order valence-electron chi connectivity index (χ1n) is 8.13. The number of methoxy groups -OCH3 is 1. The van der Waals surface area contributed by atoms with Crippen LogP contribution in [0.1, 0.15) is 16.8 Å². The van der Waals surface area contributed by atoms with Crippen LogP contribution in [0, 0.1) is 20.8 Å². The number of ether oxygens (including phenoxy) is 1.